The molecule has 0 saturated heterocycles. The first-order valence-electron chi connectivity index (χ1n) is 6.38. The molecule has 2 aliphatic carbocycles. The topological polar surface area (TPSA) is 63.6 Å². The fourth-order valence-electron chi connectivity index (χ4n) is 3.48. The third kappa shape index (κ3) is 1.74. The van der Waals surface area contributed by atoms with Gasteiger partial charge in [-0.3, -0.25) is 9.59 Å². The molecule has 4 atom stereocenters. The second-order valence-corrected chi connectivity index (χ2v) is 6.13. The van der Waals surface area contributed by atoms with Gasteiger partial charge in [0.2, 0.25) is 0 Å². The third-order valence-corrected chi connectivity index (χ3v) is 4.31. The Kier molecular flexibility index (Phi) is 2.99. The predicted octanol–water partition coefficient (Wildman–Crippen LogP) is 2.10. The number of esters is 1. The smallest absolute Gasteiger partial charge is 0.310 e. The largest absolute Gasteiger partial charge is 0.481 e. The first kappa shape index (κ1) is 13.1. The number of fused-ring (bicyclic) bond motifs is 2. The molecule has 0 amide bonds. The van der Waals surface area contributed by atoms with Crippen LogP contribution in [0.15, 0.2) is 12.2 Å². The quantitative estimate of drug-likeness (QED) is 0.617. The van der Waals surface area contributed by atoms with Gasteiger partial charge in [-0.15, -0.1) is 0 Å². The summed E-state index contributed by atoms with van der Waals surface area (Å²) in [5.41, 5.74) is -0.177. The summed E-state index contributed by atoms with van der Waals surface area (Å²) in [5, 5.41) is 9.38. The van der Waals surface area contributed by atoms with Crippen LogP contribution in [0.2, 0.25) is 0 Å². The van der Waals surface area contributed by atoms with E-state index in [1.165, 1.54) is 0 Å². The van der Waals surface area contributed by atoms with Crippen LogP contribution in [0.25, 0.3) is 0 Å². The molecule has 0 aromatic heterocycles. The molecule has 0 radical (unpaired) electrons. The Balaban J connectivity index is 2.31. The Morgan fingerprint density at radius 1 is 1.17 bits per heavy atom. The predicted molar refractivity (Wildman–Crippen MR) is 65.7 cm³/mol. The molecular weight excluding hydrogens is 232 g/mol. The van der Waals surface area contributed by atoms with E-state index in [-0.39, 0.29) is 29.3 Å². The Labute approximate surface area is 107 Å². The standard InChI is InChI=1S/C14H20O4/c1-7(2)18-13(17)11-9-6-5-8(14(9,3)4)10(11)12(15)16/h5-11H,1-4H3,(H,15,16). The number of ether oxygens (including phenoxy) is 1. The number of hydrogen-bond acceptors (Lipinski definition) is 3. The molecule has 4 heteroatoms. The van der Waals surface area contributed by atoms with Crippen LogP contribution >= 0.6 is 0 Å². The van der Waals surface area contributed by atoms with Gasteiger partial charge in [-0.25, -0.2) is 0 Å². The lowest BCUT2D eigenvalue weighted by atomic mass is 9.79. The van der Waals surface area contributed by atoms with Crippen LogP contribution in [-0.4, -0.2) is 23.1 Å². The number of aliphatic carboxylic acids is 1. The lowest BCUT2D eigenvalue weighted by molar-refractivity contribution is -0.161. The number of rotatable bonds is 3. The maximum atomic E-state index is 12.1. The van der Waals surface area contributed by atoms with E-state index in [1.807, 2.05) is 26.0 Å². The van der Waals surface area contributed by atoms with E-state index >= 15 is 0 Å². The minimum Gasteiger partial charge on any atom is -0.481 e. The molecule has 2 aliphatic rings. The normalized spacial score (nSPS) is 36.1. The molecule has 0 aliphatic heterocycles. The van der Waals surface area contributed by atoms with Gasteiger partial charge in [-0.05, 0) is 31.1 Å². The highest BCUT2D eigenvalue weighted by atomic mass is 16.5. The number of carboxylic acid groups (broad SMARTS) is 1. The van der Waals surface area contributed by atoms with E-state index < -0.39 is 17.8 Å². The Morgan fingerprint density at radius 3 is 2.11 bits per heavy atom. The summed E-state index contributed by atoms with van der Waals surface area (Å²) in [6, 6.07) is 0. The zero-order valence-electron chi connectivity index (χ0n) is 11.2. The lowest BCUT2D eigenvalue weighted by Crippen LogP contribution is -2.35. The second-order valence-electron chi connectivity index (χ2n) is 6.13. The van der Waals surface area contributed by atoms with Crippen molar-refractivity contribution in [1.29, 1.82) is 0 Å². The maximum Gasteiger partial charge on any atom is 0.310 e. The van der Waals surface area contributed by atoms with E-state index in [1.54, 1.807) is 13.8 Å². The first-order chi connectivity index (χ1) is 8.26. The van der Waals surface area contributed by atoms with Gasteiger partial charge in [0.1, 0.15) is 0 Å². The third-order valence-electron chi connectivity index (χ3n) is 4.31. The number of carbonyl (C=O) groups is 2. The molecule has 0 aromatic carbocycles. The second kappa shape index (κ2) is 4.11. The zero-order valence-corrected chi connectivity index (χ0v) is 11.2. The van der Waals surface area contributed by atoms with Gasteiger partial charge in [0.05, 0.1) is 17.9 Å². The van der Waals surface area contributed by atoms with E-state index in [0.29, 0.717) is 0 Å². The minimum atomic E-state index is -0.898. The van der Waals surface area contributed by atoms with Gasteiger partial charge in [0, 0.05) is 0 Å². The van der Waals surface area contributed by atoms with Crippen LogP contribution in [0.5, 0.6) is 0 Å². The summed E-state index contributed by atoms with van der Waals surface area (Å²) < 4.78 is 5.22. The number of carbonyl (C=O) groups excluding carboxylic acids is 1. The molecule has 1 saturated carbocycles. The fraction of sp³-hybridized carbons (Fsp3) is 0.714. The summed E-state index contributed by atoms with van der Waals surface area (Å²) >= 11 is 0. The molecule has 0 aromatic rings. The Morgan fingerprint density at radius 2 is 1.67 bits per heavy atom. The van der Waals surface area contributed by atoms with Crippen molar-refractivity contribution < 1.29 is 19.4 Å². The van der Waals surface area contributed by atoms with E-state index in [4.69, 9.17) is 4.74 Å². The Bertz CT molecular complexity index is 408. The van der Waals surface area contributed by atoms with Crippen LogP contribution in [0.4, 0.5) is 0 Å². The summed E-state index contributed by atoms with van der Waals surface area (Å²) in [6.07, 6.45) is 3.72. The monoisotopic (exact) mass is 252 g/mol. The van der Waals surface area contributed by atoms with Crippen molar-refractivity contribution >= 4 is 11.9 Å². The highest BCUT2D eigenvalue weighted by Gasteiger charge is 2.61. The van der Waals surface area contributed by atoms with E-state index in [0.717, 1.165) is 0 Å². The van der Waals surface area contributed by atoms with Gasteiger partial charge in [-0.1, -0.05) is 26.0 Å². The van der Waals surface area contributed by atoms with Crippen molar-refractivity contribution in [2.75, 3.05) is 0 Å². The molecule has 2 rings (SSSR count). The molecule has 1 fully saturated rings. The molecule has 4 nitrogen and oxygen atoms in total. The summed E-state index contributed by atoms with van der Waals surface area (Å²) in [7, 11) is 0. The van der Waals surface area contributed by atoms with Gasteiger partial charge in [0.25, 0.3) is 0 Å². The summed E-state index contributed by atoms with van der Waals surface area (Å²) in [6.45, 7) is 7.62. The fourth-order valence-corrected chi connectivity index (χ4v) is 3.48. The van der Waals surface area contributed by atoms with Crippen LogP contribution < -0.4 is 0 Å². The Hall–Kier alpha value is -1.32. The van der Waals surface area contributed by atoms with Crippen molar-refractivity contribution in [3.63, 3.8) is 0 Å². The molecule has 4 unspecified atom stereocenters. The molecule has 0 spiro atoms. The SMILES string of the molecule is CC(C)OC(=O)C1C(C(=O)O)C2C=CC1C2(C)C. The van der Waals surface area contributed by atoms with Crippen molar-refractivity contribution in [2.24, 2.45) is 29.1 Å². The number of carboxylic acids is 1. The molecule has 0 heterocycles. The van der Waals surface area contributed by atoms with Gasteiger partial charge < -0.3 is 9.84 Å². The molecule has 1 N–H and O–H groups in total. The zero-order chi connectivity index (χ0) is 13.7. The van der Waals surface area contributed by atoms with Crippen molar-refractivity contribution in [3.8, 4) is 0 Å². The van der Waals surface area contributed by atoms with Crippen molar-refractivity contribution in [1.82, 2.24) is 0 Å². The minimum absolute atomic E-state index is 0.0325. The average molecular weight is 252 g/mol. The van der Waals surface area contributed by atoms with Gasteiger partial charge in [-0.2, -0.15) is 0 Å². The van der Waals surface area contributed by atoms with E-state index in [2.05, 4.69) is 0 Å². The molecular formula is C14H20O4. The van der Waals surface area contributed by atoms with E-state index in [9.17, 15) is 14.7 Å². The number of allylic oxidation sites excluding steroid dienone is 2. The summed E-state index contributed by atoms with van der Waals surface area (Å²) in [4.78, 5) is 23.6. The van der Waals surface area contributed by atoms with Crippen LogP contribution in [0.1, 0.15) is 27.7 Å². The highest BCUT2D eigenvalue weighted by Crippen LogP contribution is 2.59. The average Bonchev–Trinajstić information content (AvgIpc) is 2.64. The number of hydrogen-bond donors (Lipinski definition) is 1. The summed E-state index contributed by atoms with van der Waals surface area (Å²) in [5.74, 6) is -2.58. The molecule has 100 valence electrons. The molecule has 2 bridgehead atoms. The van der Waals surface area contributed by atoms with Gasteiger partial charge in [0.15, 0.2) is 0 Å². The van der Waals surface area contributed by atoms with Crippen LogP contribution in [0, 0.1) is 29.1 Å². The first-order valence-corrected chi connectivity index (χ1v) is 6.38. The van der Waals surface area contributed by atoms with Crippen molar-refractivity contribution in [3.05, 3.63) is 12.2 Å². The molecule has 18 heavy (non-hydrogen) atoms. The maximum absolute atomic E-state index is 12.1. The van der Waals surface area contributed by atoms with Gasteiger partial charge >= 0.3 is 11.9 Å². The van der Waals surface area contributed by atoms with Crippen LogP contribution in [-0.2, 0) is 14.3 Å². The highest BCUT2D eigenvalue weighted by molar-refractivity contribution is 5.84. The lowest BCUT2D eigenvalue weighted by Gasteiger charge is -2.25. The van der Waals surface area contributed by atoms with Crippen molar-refractivity contribution in [2.45, 2.75) is 33.8 Å². The van der Waals surface area contributed by atoms with Crippen LogP contribution in [0.3, 0.4) is 0 Å².